The summed E-state index contributed by atoms with van der Waals surface area (Å²) >= 11 is 5.69. The lowest BCUT2D eigenvalue weighted by Gasteiger charge is -2.06. The number of benzene rings is 2. The largest absolute Gasteiger partial charge is 0.497 e. The highest BCUT2D eigenvalue weighted by atomic mass is 35.5. The lowest BCUT2D eigenvalue weighted by Crippen LogP contribution is -2.06. The summed E-state index contributed by atoms with van der Waals surface area (Å²) < 4.78 is 10.1. The van der Waals surface area contributed by atoms with Crippen molar-refractivity contribution >= 4 is 23.3 Å². The average Bonchev–Trinajstić information content (AvgIpc) is 2.53. The quantitative estimate of drug-likeness (QED) is 0.477. The summed E-state index contributed by atoms with van der Waals surface area (Å²) in [4.78, 5) is 22.1. The van der Waals surface area contributed by atoms with Gasteiger partial charge in [-0.25, -0.2) is 4.79 Å². The monoisotopic (exact) mass is 321 g/mol. The van der Waals surface area contributed by atoms with E-state index in [2.05, 4.69) is 0 Å². The van der Waals surface area contributed by atoms with E-state index in [0.717, 1.165) is 11.6 Å². The number of esters is 1. The second kappa shape index (κ2) is 6.91. The second-order valence-electron chi connectivity index (χ2n) is 4.35. The molecule has 0 amide bonds. The van der Waals surface area contributed by atoms with E-state index in [0.29, 0.717) is 5.75 Å². The van der Waals surface area contributed by atoms with E-state index in [1.807, 2.05) is 0 Å². The van der Waals surface area contributed by atoms with Crippen molar-refractivity contribution in [3.63, 3.8) is 0 Å². The Morgan fingerprint density at radius 1 is 1.23 bits per heavy atom. The van der Waals surface area contributed by atoms with Gasteiger partial charge in [-0.2, -0.15) is 0 Å². The zero-order chi connectivity index (χ0) is 16.1. The summed E-state index contributed by atoms with van der Waals surface area (Å²) in [6.07, 6.45) is 0. The molecule has 6 nitrogen and oxygen atoms in total. The van der Waals surface area contributed by atoms with Gasteiger partial charge in [0.1, 0.15) is 17.4 Å². The Labute approximate surface area is 131 Å². The van der Waals surface area contributed by atoms with Gasteiger partial charge >= 0.3 is 5.97 Å². The van der Waals surface area contributed by atoms with E-state index in [4.69, 9.17) is 21.1 Å². The van der Waals surface area contributed by atoms with Gasteiger partial charge in [0.25, 0.3) is 5.69 Å². The smallest absolute Gasteiger partial charge is 0.338 e. The molecule has 0 heterocycles. The zero-order valence-corrected chi connectivity index (χ0v) is 12.4. The molecule has 114 valence electrons. The van der Waals surface area contributed by atoms with Crippen LogP contribution in [0.3, 0.4) is 0 Å². The van der Waals surface area contributed by atoms with Gasteiger partial charge in [-0.1, -0.05) is 23.7 Å². The summed E-state index contributed by atoms with van der Waals surface area (Å²) in [5, 5.41) is 10.8. The molecule has 2 rings (SSSR count). The molecular weight excluding hydrogens is 310 g/mol. The van der Waals surface area contributed by atoms with Gasteiger partial charge in [0.15, 0.2) is 0 Å². The van der Waals surface area contributed by atoms with E-state index in [-0.39, 0.29) is 22.9 Å². The Morgan fingerprint density at radius 3 is 2.50 bits per heavy atom. The molecule has 22 heavy (non-hydrogen) atoms. The Morgan fingerprint density at radius 2 is 1.91 bits per heavy atom. The molecule has 0 atom stereocenters. The van der Waals surface area contributed by atoms with Crippen LogP contribution in [0.25, 0.3) is 0 Å². The van der Waals surface area contributed by atoms with Crippen LogP contribution in [-0.4, -0.2) is 18.0 Å². The van der Waals surface area contributed by atoms with Gasteiger partial charge in [-0.05, 0) is 29.8 Å². The number of carbonyl (C=O) groups excluding carboxylic acids is 1. The number of carbonyl (C=O) groups is 1. The third-order valence-corrected chi connectivity index (χ3v) is 3.23. The van der Waals surface area contributed by atoms with Crippen molar-refractivity contribution in [1.29, 1.82) is 0 Å². The number of hydrogen-bond donors (Lipinski definition) is 0. The summed E-state index contributed by atoms with van der Waals surface area (Å²) in [5.41, 5.74) is 0.516. The molecule has 0 spiro atoms. The molecule has 0 fully saturated rings. The minimum Gasteiger partial charge on any atom is -0.497 e. The number of nitro benzene ring substituents is 1. The normalized spacial score (nSPS) is 10.1. The molecule has 0 saturated carbocycles. The fourth-order valence-corrected chi connectivity index (χ4v) is 1.92. The number of ether oxygens (including phenoxy) is 2. The zero-order valence-electron chi connectivity index (χ0n) is 11.6. The van der Waals surface area contributed by atoms with E-state index in [1.165, 1.54) is 12.1 Å². The van der Waals surface area contributed by atoms with Crippen LogP contribution in [0.5, 0.6) is 5.75 Å². The minimum atomic E-state index is -0.657. The number of rotatable bonds is 5. The van der Waals surface area contributed by atoms with E-state index in [9.17, 15) is 14.9 Å². The van der Waals surface area contributed by atoms with Crippen LogP contribution in [-0.2, 0) is 11.3 Å². The molecular formula is C15H12ClNO5. The lowest BCUT2D eigenvalue weighted by atomic mass is 10.2. The van der Waals surface area contributed by atoms with Crippen LogP contribution >= 0.6 is 11.6 Å². The fourth-order valence-electron chi connectivity index (χ4n) is 1.73. The Kier molecular flexibility index (Phi) is 4.95. The van der Waals surface area contributed by atoms with E-state index < -0.39 is 10.9 Å². The SMILES string of the molecule is COc1ccc(COC(=O)c2ccc(Cl)c([N+](=O)[O-])c2)cc1. The predicted octanol–water partition coefficient (Wildman–Crippen LogP) is 3.61. The van der Waals surface area contributed by atoms with Crippen LogP contribution in [0.1, 0.15) is 15.9 Å². The van der Waals surface area contributed by atoms with Crippen molar-refractivity contribution in [3.05, 3.63) is 68.7 Å². The number of nitro groups is 1. The van der Waals surface area contributed by atoms with Gasteiger partial charge in [0, 0.05) is 6.07 Å². The van der Waals surface area contributed by atoms with Gasteiger partial charge in [0.05, 0.1) is 17.6 Å². The van der Waals surface area contributed by atoms with Gasteiger partial charge in [-0.3, -0.25) is 10.1 Å². The summed E-state index contributed by atoms with van der Waals surface area (Å²) in [7, 11) is 1.56. The lowest BCUT2D eigenvalue weighted by molar-refractivity contribution is -0.384. The molecule has 7 heteroatoms. The first-order valence-electron chi connectivity index (χ1n) is 6.25. The first-order valence-corrected chi connectivity index (χ1v) is 6.63. The van der Waals surface area contributed by atoms with Crippen molar-refractivity contribution in [2.24, 2.45) is 0 Å². The first-order chi connectivity index (χ1) is 10.5. The Hall–Kier alpha value is -2.60. The number of nitrogens with zero attached hydrogens (tertiary/aromatic N) is 1. The third-order valence-electron chi connectivity index (χ3n) is 2.91. The molecule has 0 N–H and O–H groups in total. The highest BCUT2D eigenvalue weighted by Gasteiger charge is 2.17. The van der Waals surface area contributed by atoms with E-state index in [1.54, 1.807) is 31.4 Å². The summed E-state index contributed by atoms with van der Waals surface area (Å²) in [6.45, 7) is 0.0548. The van der Waals surface area contributed by atoms with Crippen molar-refractivity contribution < 1.29 is 19.2 Å². The highest BCUT2D eigenvalue weighted by Crippen LogP contribution is 2.25. The molecule has 0 unspecified atom stereocenters. The predicted molar refractivity (Wildman–Crippen MR) is 80.2 cm³/mol. The molecule has 0 aliphatic heterocycles. The topological polar surface area (TPSA) is 78.7 Å². The fraction of sp³-hybridized carbons (Fsp3) is 0.133. The number of halogens is 1. The Bertz CT molecular complexity index is 700. The molecule has 2 aromatic carbocycles. The maximum absolute atomic E-state index is 11.9. The van der Waals surface area contributed by atoms with Crippen LogP contribution < -0.4 is 4.74 Å². The molecule has 0 bridgehead atoms. The highest BCUT2D eigenvalue weighted by molar-refractivity contribution is 6.32. The molecule has 0 aromatic heterocycles. The molecule has 2 aromatic rings. The maximum Gasteiger partial charge on any atom is 0.338 e. The van der Waals surface area contributed by atoms with Gasteiger partial charge < -0.3 is 9.47 Å². The molecule has 0 aliphatic rings. The number of methoxy groups -OCH3 is 1. The van der Waals surface area contributed by atoms with Crippen LogP contribution in [0, 0.1) is 10.1 Å². The first kappa shape index (κ1) is 15.8. The van der Waals surface area contributed by atoms with Gasteiger partial charge in [-0.15, -0.1) is 0 Å². The average molecular weight is 322 g/mol. The molecule has 0 radical (unpaired) electrons. The van der Waals surface area contributed by atoms with Crippen LogP contribution in [0.2, 0.25) is 5.02 Å². The summed E-state index contributed by atoms with van der Waals surface area (Å²) in [6, 6.07) is 10.8. The van der Waals surface area contributed by atoms with Crippen LogP contribution in [0.15, 0.2) is 42.5 Å². The van der Waals surface area contributed by atoms with Crippen molar-refractivity contribution in [1.82, 2.24) is 0 Å². The van der Waals surface area contributed by atoms with Crippen molar-refractivity contribution in [2.75, 3.05) is 7.11 Å². The van der Waals surface area contributed by atoms with Crippen LogP contribution in [0.4, 0.5) is 5.69 Å². The standard InChI is InChI=1S/C15H12ClNO5/c1-21-12-5-2-10(3-6-12)9-22-15(18)11-4-7-13(16)14(8-11)17(19)20/h2-8H,9H2,1H3. The van der Waals surface area contributed by atoms with Crippen molar-refractivity contribution in [3.8, 4) is 5.75 Å². The maximum atomic E-state index is 11.9. The van der Waals surface area contributed by atoms with Crippen molar-refractivity contribution in [2.45, 2.75) is 6.61 Å². The second-order valence-corrected chi connectivity index (χ2v) is 4.75. The third kappa shape index (κ3) is 3.73. The minimum absolute atomic E-state index is 0.0308. The summed E-state index contributed by atoms with van der Waals surface area (Å²) in [5.74, 6) is 0.0407. The molecule has 0 aliphatic carbocycles. The van der Waals surface area contributed by atoms with E-state index >= 15 is 0 Å². The van der Waals surface area contributed by atoms with Gasteiger partial charge in [0.2, 0.25) is 0 Å². The number of hydrogen-bond acceptors (Lipinski definition) is 5. The molecule has 0 saturated heterocycles. The Balaban J connectivity index is 2.05.